The van der Waals surface area contributed by atoms with Gasteiger partial charge in [-0.1, -0.05) is 12.2 Å². The number of nitrogens with one attached hydrogen (secondary N) is 2. The van der Waals surface area contributed by atoms with Crippen molar-refractivity contribution >= 4 is 24.8 Å². The van der Waals surface area contributed by atoms with Crippen LogP contribution >= 0.6 is 24.8 Å². The maximum absolute atomic E-state index is 3.37. The minimum atomic E-state index is 0. The van der Waals surface area contributed by atoms with Gasteiger partial charge in [0.2, 0.25) is 0 Å². The molecule has 0 amide bonds. The van der Waals surface area contributed by atoms with E-state index >= 15 is 0 Å². The van der Waals surface area contributed by atoms with Crippen LogP contribution in [0.1, 0.15) is 6.92 Å². The summed E-state index contributed by atoms with van der Waals surface area (Å²) >= 11 is 0. The molecule has 68 valence electrons. The fourth-order valence-electron chi connectivity index (χ4n) is 1.04. The molecular weight excluding hydrogens is 183 g/mol. The lowest BCUT2D eigenvalue weighted by atomic mass is 10.2. The average Bonchev–Trinajstić information content (AvgIpc) is 1.91. The Labute approximate surface area is 80.6 Å². The van der Waals surface area contributed by atoms with Crippen LogP contribution in [0.25, 0.3) is 0 Å². The van der Waals surface area contributed by atoms with Crippen LogP contribution in [0.3, 0.4) is 0 Å². The van der Waals surface area contributed by atoms with Gasteiger partial charge in [-0.15, -0.1) is 24.8 Å². The SMILES string of the molecule is CC=CC1CNCCN1.Cl.Cl. The van der Waals surface area contributed by atoms with Gasteiger partial charge in [-0.3, -0.25) is 0 Å². The van der Waals surface area contributed by atoms with Crippen LogP contribution < -0.4 is 10.6 Å². The summed E-state index contributed by atoms with van der Waals surface area (Å²) in [6, 6.07) is 0.559. The van der Waals surface area contributed by atoms with Crippen molar-refractivity contribution in [1.29, 1.82) is 0 Å². The molecule has 11 heavy (non-hydrogen) atoms. The number of halogens is 2. The summed E-state index contributed by atoms with van der Waals surface area (Å²) in [5.74, 6) is 0. The van der Waals surface area contributed by atoms with Gasteiger partial charge in [0.15, 0.2) is 0 Å². The highest BCUT2D eigenvalue weighted by molar-refractivity contribution is 5.85. The quantitative estimate of drug-likeness (QED) is 0.615. The summed E-state index contributed by atoms with van der Waals surface area (Å²) in [6.07, 6.45) is 4.27. The van der Waals surface area contributed by atoms with E-state index < -0.39 is 0 Å². The summed E-state index contributed by atoms with van der Waals surface area (Å²) in [4.78, 5) is 0. The Balaban J connectivity index is 0. The Morgan fingerprint density at radius 1 is 1.27 bits per heavy atom. The summed E-state index contributed by atoms with van der Waals surface area (Å²) < 4.78 is 0. The Kier molecular flexibility index (Phi) is 10.5. The first-order chi connectivity index (χ1) is 4.43. The van der Waals surface area contributed by atoms with Crippen molar-refractivity contribution in [1.82, 2.24) is 10.6 Å². The smallest absolute Gasteiger partial charge is 0.0376 e. The fraction of sp³-hybridized carbons (Fsp3) is 0.714. The van der Waals surface area contributed by atoms with Gasteiger partial charge in [0.25, 0.3) is 0 Å². The molecule has 1 aliphatic rings. The molecule has 0 spiro atoms. The average molecular weight is 199 g/mol. The highest BCUT2D eigenvalue weighted by Crippen LogP contribution is 1.87. The topological polar surface area (TPSA) is 24.1 Å². The molecule has 1 atom stereocenters. The molecule has 0 bridgehead atoms. The van der Waals surface area contributed by atoms with Crippen LogP contribution in [0, 0.1) is 0 Å². The van der Waals surface area contributed by atoms with Crippen LogP contribution in [0.15, 0.2) is 12.2 Å². The standard InChI is InChI=1S/C7H14N2.2ClH/c1-2-3-7-6-8-4-5-9-7;;/h2-3,7-9H,4-6H2,1H3;2*1H. The third-order valence-corrected chi connectivity index (χ3v) is 1.50. The van der Waals surface area contributed by atoms with Crippen molar-refractivity contribution < 1.29 is 0 Å². The van der Waals surface area contributed by atoms with E-state index in [-0.39, 0.29) is 24.8 Å². The van der Waals surface area contributed by atoms with Gasteiger partial charge in [-0.05, 0) is 6.92 Å². The van der Waals surface area contributed by atoms with Crippen molar-refractivity contribution in [2.75, 3.05) is 19.6 Å². The van der Waals surface area contributed by atoms with E-state index in [4.69, 9.17) is 0 Å². The molecule has 0 aromatic carbocycles. The molecule has 0 aromatic rings. The predicted molar refractivity (Wildman–Crippen MR) is 54.0 cm³/mol. The number of allylic oxidation sites excluding steroid dienone is 1. The first-order valence-corrected chi connectivity index (χ1v) is 3.50. The number of rotatable bonds is 1. The number of hydrogen-bond acceptors (Lipinski definition) is 2. The minimum Gasteiger partial charge on any atom is -0.314 e. The minimum absolute atomic E-state index is 0. The molecule has 1 heterocycles. The first kappa shape index (κ1) is 13.8. The Hall–Kier alpha value is 0.240. The van der Waals surface area contributed by atoms with Crippen LogP contribution in [0.2, 0.25) is 0 Å². The van der Waals surface area contributed by atoms with E-state index in [9.17, 15) is 0 Å². The van der Waals surface area contributed by atoms with Crippen molar-refractivity contribution in [2.24, 2.45) is 0 Å². The van der Waals surface area contributed by atoms with Gasteiger partial charge < -0.3 is 10.6 Å². The molecule has 0 saturated carbocycles. The van der Waals surface area contributed by atoms with Gasteiger partial charge >= 0.3 is 0 Å². The highest BCUT2D eigenvalue weighted by atomic mass is 35.5. The van der Waals surface area contributed by atoms with Gasteiger partial charge in [0, 0.05) is 25.7 Å². The Bertz CT molecular complexity index is 101. The summed E-state index contributed by atoms with van der Waals surface area (Å²) in [7, 11) is 0. The molecule has 0 radical (unpaired) electrons. The van der Waals surface area contributed by atoms with Gasteiger partial charge in [0.05, 0.1) is 0 Å². The molecular formula is C7H16Cl2N2. The normalized spacial score (nSPS) is 23.9. The lowest BCUT2D eigenvalue weighted by molar-refractivity contribution is 0.471. The van der Waals surface area contributed by atoms with E-state index in [1.165, 1.54) is 0 Å². The zero-order valence-electron chi connectivity index (χ0n) is 6.67. The largest absolute Gasteiger partial charge is 0.314 e. The summed E-state index contributed by atoms with van der Waals surface area (Å²) in [6.45, 7) is 5.32. The summed E-state index contributed by atoms with van der Waals surface area (Å²) in [5, 5.41) is 6.68. The van der Waals surface area contributed by atoms with E-state index in [1.54, 1.807) is 0 Å². The van der Waals surface area contributed by atoms with E-state index in [2.05, 4.69) is 29.7 Å². The number of piperazine rings is 1. The molecule has 2 N–H and O–H groups in total. The predicted octanol–water partition coefficient (Wildman–Crippen LogP) is 0.967. The second-order valence-corrected chi connectivity index (χ2v) is 2.29. The highest BCUT2D eigenvalue weighted by Gasteiger charge is 2.05. The monoisotopic (exact) mass is 198 g/mol. The maximum atomic E-state index is 3.37. The van der Waals surface area contributed by atoms with Crippen molar-refractivity contribution in [3.05, 3.63) is 12.2 Å². The molecule has 1 aliphatic heterocycles. The van der Waals surface area contributed by atoms with Gasteiger partial charge in [-0.2, -0.15) is 0 Å². The Morgan fingerprint density at radius 3 is 2.45 bits per heavy atom. The zero-order chi connectivity index (χ0) is 6.53. The molecule has 2 nitrogen and oxygen atoms in total. The molecule has 0 aliphatic carbocycles. The van der Waals surface area contributed by atoms with Gasteiger partial charge in [0.1, 0.15) is 0 Å². The lowest BCUT2D eigenvalue weighted by Gasteiger charge is -2.21. The van der Waals surface area contributed by atoms with Gasteiger partial charge in [-0.25, -0.2) is 0 Å². The summed E-state index contributed by atoms with van der Waals surface area (Å²) in [5.41, 5.74) is 0. The van der Waals surface area contributed by atoms with Crippen LogP contribution in [-0.4, -0.2) is 25.7 Å². The second-order valence-electron chi connectivity index (χ2n) is 2.29. The molecule has 1 rings (SSSR count). The molecule has 1 unspecified atom stereocenters. The zero-order valence-corrected chi connectivity index (χ0v) is 8.30. The molecule has 1 saturated heterocycles. The number of hydrogen-bond donors (Lipinski definition) is 2. The fourth-order valence-corrected chi connectivity index (χ4v) is 1.04. The third-order valence-electron chi connectivity index (χ3n) is 1.50. The maximum Gasteiger partial charge on any atom is 0.0376 e. The lowest BCUT2D eigenvalue weighted by Crippen LogP contribution is -2.47. The van der Waals surface area contributed by atoms with Crippen molar-refractivity contribution in [3.63, 3.8) is 0 Å². The Morgan fingerprint density at radius 2 is 2.00 bits per heavy atom. The third kappa shape index (κ3) is 5.50. The van der Waals surface area contributed by atoms with Crippen LogP contribution in [0.4, 0.5) is 0 Å². The molecule has 1 fully saturated rings. The second kappa shape index (κ2) is 8.34. The van der Waals surface area contributed by atoms with E-state index in [0.29, 0.717) is 6.04 Å². The first-order valence-electron chi connectivity index (χ1n) is 3.50. The van der Waals surface area contributed by atoms with Crippen molar-refractivity contribution in [2.45, 2.75) is 13.0 Å². The molecule has 4 heteroatoms. The van der Waals surface area contributed by atoms with E-state index in [1.807, 2.05) is 0 Å². The van der Waals surface area contributed by atoms with Crippen LogP contribution in [0.5, 0.6) is 0 Å². The molecule has 0 aromatic heterocycles. The van der Waals surface area contributed by atoms with Crippen LogP contribution in [-0.2, 0) is 0 Å². The van der Waals surface area contributed by atoms with Crippen molar-refractivity contribution in [3.8, 4) is 0 Å². The van der Waals surface area contributed by atoms with E-state index in [0.717, 1.165) is 19.6 Å².